The summed E-state index contributed by atoms with van der Waals surface area (Å²) in [5, 5.41) is 10.6. The number of ether oxygens (including phenoxy) is 2. The van der Waals surface area contributed by atoms with Gasteiger partial charge in [0.05, 0.1) is 0 Å². The highest BCUT2D eigenvalue weighted by Gasteiger charge is 2.12. The van der Waals surface area contributed by atoms with Gasteiger partial charge in [-0.25, -0.2) is 0 Å². The van der Waals surface area contributed by atoms with Crippen molar-refractivity contribution in [1.29, 1.82) is 0 Å². The van der Waals surface area contributed by atoms with Crippen molar-refractivity contribution in [1.82, 2.24) is 0 Å². The Bertz CT molecular complexity index is 682. The second-order valence-corrected chi connectivity index (χ2v) is 7.52. The van der Waals surface area contributed by atoms with Crippen LogP contribution in [0.4, 0.5) is 0 Å². The van der Waals surface area contributed by atoms with E-state index < -0.39 is 0 Å². The Morgan fingerprint density at radius 1 is 1.11 bits per heavy atom. The molecule has 0 aliphatic rings. The number of allylic oxidation sites excluding steroid dienone is 4. The van der Waals surface area contributed by atoms with Crippen LogP contribution in [0.2, 0.25) is 0 Å². The molecule has 0 aromatic heterocycles. The third-order valence-corrected chi connectivity index (χ3v) is 4.54. The van der Waals surface area contributed by atoms with Crippen molar-refractivity contribution < 1.29 is 19.4 Å². The summed E-state index contributed by atoms with van der Waals surface area (Å²) in [6.07, 6.45) is 11.2. The summed E-state index contributed by atoms with van der Waals surface area (Å²) in [5.41, 5.74) is 4.37. The number of rotatable bonds is 12. The van der Waals surface area contributed by atoms with Crippen LogP contribution < -0.4 is 4.74 Å². The zero-order valence-electron chi connectivity index (χ0n) is 18.1. The molecule has 0 atom stereocenters. The number of carbonyl (C=O) groups excluding carboxylic acids is 1. The zero-order valence-corrected chi connectivity index (χ0v) is 18.1. The molecule has 0 saturated carbocycles. The average molecular weight is 389 g/mol. The van der Waals surface area contributed by atoms with Crippen LogP contribution in [-0.4, -0.2) is 17.9 Å². The molecule has 4 nitrogen and oxygen atoms in total. The van der Waals surface area contributed by atoms with Gasteiger partial charge in [-0.15, -0.1) is 0 Å². The zero-order chi connectivity index (χ0) is 20.9. The molecule has 0 bridgehead atoms. The third kappa shape index (κ3) is 9.63. The van der Waals surface area contributed by atoms with Crippen LogP contribution in [0.3, 0.4) is 0 Å². The van der Waals surface area contributed by atoms with Gasteiger partial charge < -0.3 is 14.6 Å². The molecule has 0 saturated heterocycles. The molecule has 0 fully saturated rings. The second-order valence-electron chi connectivity index (χ2n) is 7.52. The minimum Gasteiger partial charge on any atom is -0.508 e. The van der Waals surface area contributed by atoms with E-state index in [4.69, 9.17) is 9.47 Å². The van der Waals surface area contributed by atoms with Crippen LogP contribution in [0.1, 0.15) is 77.8 Å². The lowest BCUT2D eigenvalue weighted by molar-refractivity contribution is -0.147. The van der Waals surface area contributed by atoms with Crippen molar-refractivity contribution in [2.45, 2.75) is 79.6 Å². The van der Waals surface area contributed by atoms with Crippen molar-refractivity contribution in [3.8, 4) is 11.5 Å². The molecule has 1 aromatic carbocycles. The smallest absolute Gasteiger partial charge is 0.305 e. The van der Waals surface area contributed by atoms with Crippen molar-refractivity contribution in [2.24, 2.45) is 0 Å². The maximum atomic E-state index is 11.0. The lowest BCUT2D eigenvalue weighted by Gasteiger charge is -2.14. The maximum absolute atomic E-state index is 11.0. The summed E-state index contributed by atoms with van der Waals surface area (Å²) in [6.45, 7) is 9.68. The van der Waals surface area contributed by atoms with Crippen LogP contribution in [0.15, 0.2) is 35.4 Å². The van der Waals surface area contributed by atoms with Gasteiger partial charge in [0, 0.05) is 12.5 Å². The second kappa shape index (κ2) is 13.0. The Kier molecular flexibility index (Phi) is 11.1. The first-order valence-corrected chi connectivity index (χ1v) is 10.2. The van der Waals surface area contributed by atoms with Gasteiger partial charge >= 0.3 is 5.97 Å². The van der Waals surface area contributed by atoms with E-state index in [0.29, 0.717) is 12.2 Å². The van der Waals surface area contributed by atoms with E-state index in [0.717, 1.165) is 49.7 Å². The molecule has 0 unspecified atom stereocenters. The summed E-state index contributed by atoms with van der Waals surface area (Å²) in [5.74, 6) is 0.432. The molecule has 0 spiro atoms. The van der Waals surface area contributed by atoms with Crippen molar-refractivity contribution in [3.05, 3.63) is 46.6 Å². The third-order valence-electron chi connectivity index (χ3n) is 4.54. The SMILES string of the molecule is CCCCCc1cc(O)c(CC=C(C)CCC=C(C)C)c(OCOC(C)=O)c1. The highest BCUT2D eigenvalue weighted by molar-refractivity contribution is 5.65. The number of esters is 1. The highest BCUT2D eigenvalue weighted by atomic mass is 16.7. The molecule has 1 rings (SSSR count). The summed E-state index contributed by atoms with van der Waals surface area (Å²) in [6, 6.07) is 3.79. The quantitative estimate of drug-likeness (QED) is 0.199. The van der Waals surface area contributed by atoms with Crippen LogP contribution in [0, 0.1) is 0 Å². The van der Waals surface area contributed by atoms with Crippen molar-refractivity contribution >= 4 is 5.97 Å². The predicted molar refractivity (Wildman–Crippen MR) is 115 cm³/mol. The van der Waals surface area contributed by atoms with Gasteiger partial charge in [-0.3, -0.25) is 4.79 Å². The van der Waals surface area contributed by atoms with E-state index in [-0.39, 0.29) is 18.5 Å². The standard InChI is InChI=1S/C24H36O4/c1-6-7-8-12-21-15-23(26)22(24(16-21)28-17-27-20(5)25)14-13-19(4)11-9-10-18(2)3/h10,13,15-16,26H,6-9,11-12,14,17H2,1-5H3. The van der Waals surface area contributed by atoms with Gasteiger partial charge in [0.1, 0.15) is 11.5 Å². The van der Waals surface area contributed by atoms with E-state index in [1.165, 1.54) is 18.1 Å². The molecule has 0 amide bonds. The largest absolute Gasteiger partial charge is 0.508 e. The fourth-order valence-corrected chi connectivity index (χ4v) is 2.89. The lowest BCUT2D eigenvalue weighted by Crippen LogP contribution is -2.08. The van der Waals surface area contributed by atoms with E-state index in [9.17, 15) is 9.90 Å². The van der Waals surface area contributed by atoms with Crippen LogP contribution >= 0.6 is 0 Å². The minimum absolute atomic E-state index is 0.149. The molecule has 4 heteroatoms. The molecular weight excluding hydrogens is 352 g/mol. The molecule has 1 aromatic rings. The van der Waals surface area contributed by atoms with Crippen molar-refractivity contribution in [3.63, 3.8) is 0 Å². The van der Waals surface area contributed by atoms with Crippen molar-refractivity contribution in [2.75, 3.05) is 6.79 Å². The van der Waals surface area contributed by atoms with Gasteiger partial charge in [-0.2, -0.15) is 0 Å². The molecule has 0 aliphatic carbocycles. The molecular formula is C24H36O4. The molecule has 0 aliphatic heterocycles. The Morgan fingerprint density at radius 2 is 1.86 bits per heavy atom. The average Bonchev–Trinajstić information content (AvgIpc) is 2.60. The number of unbranched alkanes of at least 4 members (excludes halogenated alkanes) is 2. The number of carbonyl (C=O) groups is 1. The number of phenols is 1. The monoisotopic (exact) mass is 388 g/mol. The van der Waals surface area contributed by atoms with E-state index in [1.54, 1.807) is 0 Å². The fourth-order valence-electron chi connectivity index (χ4n) is 2.89. The lowest BCUT2D eigenvalue weighted by atomic mass is 10.0. The number of benzene rings is 1. The summed E-state index contributed by atoms with van der Waals surface area (Å²) in [7, 11) is 0. The Morgan fingerprint density at radius 3 is 2.50 bits per heavy atom. The molecule has 0 radical (unpaired) electrons. The van der Waals surface area contributed by atoms with Gasteiger partial charge in [0.25, 0.3) is 0 Å². The molecule has 28 heavy (non-hydrogen) atoms. The summed E-state index contributed by atoms with van der Waals surface area (Å²) < 4.78 is 10.6. The summed E-state index contributed by atoms with van der Waals surface area (Å²) in [4.78, 5) is 11.0. The Hall–Kier alpha value is -2.23. The first kappa shape index (κ1) is 23.8. The number of aromatic hydroxyl groups is 1. The van der Waals surface area contributed by atoms with E-state index >= 15 is 0 Å². The highest BCUT2D eigenvalue weighted by Crippen LogP contribution is 2.32. The topological polar surface area (TPSA) is 55.8 Å². The molecule has 1 N–H and O–H groups in total. The number of aryl methyl sites for hydroxylation is 1. The summed E-state index contributed by atoms with van der Waals surface area (Å²) >= 11 is 0. The Balaban J connectivity index is 2.92. The number of hydrogen-bond donors (Lipinski definition) is 1. The predicted octanol–water partition coefficient (Wildman–Crippen LogP) is 6.26. The van der Waals surface area contributed by atoms with Gasteiger partial charge in [0.15, 0.2) is 0 Å². The maximum Gasteiger partial charge on any atom is 0.305 e. The minimum atomic E-state index is -0.389. The molecule has 0 heterocycles. The first-order chi connectivity index (χ1) is 13.3. The van der Waals surface area contributed by atoms with E-state index in [2.05, 4.69) is 39.8 Å². The van der Waals surface area contributed by atoms with Gasteiger partial charge in [-0.1, -0.05) is 43.1 Å². The van der Waals surface area contributed by atoms with Crippen LogP contribution in [0.25, 0.3) is 0 Å². The Labute approximate surface area is 170 Å². The van der Waals surface area contributed by atoms with E-state index in [1.807, 2.05) is 12.1 Å². The normalized spacial score (nSPS) is 11.2. The fraction of sp³-hybridized carbons (Fsp3) is 0.542. The number of hydrogen-bond acceptors (Lipinski definition) is 4. The van der Waals surface area contributed by atoms with Crippen LogP contribution in [0.5, 0.6) is 11.5 Å². The molecule has 156 valence electrons. The van der Waals surface area contributed by atoms with Gasteiger partial charge in [0.2, 0.25) is 6.79 Å². The first-order valence-electron chi connectivity index (χ1n) is 10.2. The van der Waals surface area contributed by atoms with Gasteiger partial charge in [-0.05, 0) is 70.6 Å². The number of phenolic OH excluding ortho intramolecular Hbond substituents is 1. The van der Waals surface area contributed by atoms with Crippen LogP contribution in [-0.2, 0) is 22.4 Å².